The van der Waals surface area contributed by atoms with Crippen molar-refractivity contribution in [1.29, 1.82) is 0 Å². The van der Waals surface area contributed by atoms with Gasteiger partial charge >= 0.3 is 0 Å². The van der Waals surface area contributed by atoms with Crippen molar-refractivity contribution in [2.24, 2.45) is 17.1 Å². The van der Waals surface area contributed by atoms with Crippen molar-refractivity contribution in [2.75, 3.05) is 0 Å². The standard InChI is InChI=1S/C9H17N/c1-8-4-3-7(5-8)6-9(8,2)10/h7H,3-6,10H2,1-2H3. The highest BCUT2D eigenvalue weighted by molar-refractivity contribution is 5.09. The quantitative estimate of drug-likeness (QED) is 0.545. The summed E-state index contributed by atoms with van der Waals surface area (Å²) in [5.41, 5.74) is 6.83. The summed E-state index contributed by atoms with van der Waals surface area (Å²) in [6.07, 6.45) is 5.46. The molecule has 58 valence electrons. The third-order valence-electron chi connectivity index (χ3n) is 3.94. The zero-order valence-corrected chi connectivity index (χ0v) is 6.98. The third-order valence-corrected chi connectivity index (χ3v) is 3.94. The summed E-state index contributed by atoms with van der Waals surface area (Å²) >= 11 is 0. The molecule has 2 saturated carbocycles. The first-order valence-electron chi connectivity index (χ1n) is 4.32. The van der Waals surface area contributed by atoms with Crippen LogP contribution >= 0.6 is 0 Å². The van der Waals surface area contributed by atoms with Gasteiger partial charge in [-0.3, -0.25) is 0 Å². The molecule has 2 bridgehead atoms. The van der Waals surface area contributed by atoms with Crippen LogP contribution in [0.5, 0.6) is 0 Å². The Balaban J connectivity index is 2.31. The van der Waals surface area contributed by atoms with Crippen LogP contribution in [0.3, 0.4) is 0 Å². The van der Waals surface area contributed by atoms with E-state index in [1.54, 1.807) is 0 Å². The molecular weight excluding hydrogens is 122 g/mol. The number of rotatable bonds is 0. The predicted molar refractivity (Wildman–Crippen MR) is 42.7 cm³/mol. The molecule has 2 aliphatic carbocycles. The molecule has 10 heavy (non-hydrogen) atoms. The van der Waals surface area contributed by atoms with Crippen molar-refractivity contribution in [3.05, 3.63) is 0 Å². The van der Waals surface area contributed by atoms with E-state index >= 15 is 0 Å². The number of hydrogen-bond donors (Lipinski definition) is 1. The molecule has 1 nitrogen and oxygen atoms in total. The topological polar surface area (TPSA) is 26.0 Å². The van der Waals surface area contributed by atoms with Crippen molar-refractivity contribution in [3.8, 4) is 0 Å². The summed E-state index contributed by atoms with van der Waals surface area (Å²) in [6.45, 7) is 4.59. The monoisotopic (exact) mass is 139 g/mol. The summed E-state index contributed by atoms with van der Waals surface area (Å²) in [5, 5.41) is 0. The van der Waals surface area contributed by atoms with Crippen molar-refractivity contribution in [1.82, 2.24) is 0 Å². The Morgan fingerprint density at radius 3 is 2.20 bits per heavy atom. The molecule has 0 heterocycles. The van der Waals surface area contributed by atoms with Crippen molar-refractivity contribution >= 4 is 0 Å². The molecule has 2 N–H and O–H groups in total. The van der Waals surface area contributed by atoms with Crippen LogP contribution in [0.2, 0.25) is 0 Å². The first-order valence-corrected chi connectivity index (χ1v) is 4.32. The second-order valence-corrected chi connectivity index (χ2v) is 4.79. The van der Waals surface area contributed by atoms with Gasteiger partial charge in [-0.15, -0.1) is 0 Å². The van der Waals surface area contributed by atoms with Gasteiger partial charge in [0.25, 0.3) is 0 Å². The van der Waals surface area contributed by atoms with Gasteiger partial charge in [-0.25, -0.2) is 0 Å². The van der Waals surface area contributed by atoms with E-state index in [2.05, 4.69) is 13.8 Å². The molecule has 0 radical (unpaired) electrons. The minimum absolute atomic E-state index is 0.149. The molecule has 0 aromatic carbocycles. The number of hydrogen-bond acceptors (Lipinski definition) is 1. The fourth-order valence-electron chi connectivity index (χ4n) is 2.90. The maximum atomic E-state index is 6.20. The van der Waals surface area contributed by atoms with Crippen molar-refractivity contribution < 1.29 is 0 Å². The SMILES string of the molecule is CC1(N)CC2CCC1(C)C2. The average molecular weight is 139 g/mol. The Morgan fingerprint density at radius 1 is 1.30 bits per heavy atom. The number of fused-ring (bicyclic) bond motifs is 2. The second kappa shape index (κ2) is 1.58. The molecule has 3 unspecified atom stereocenters. The van der Waals surface area contributed by atoms with E-state index in [9.17, 15) is 0 Å². The molecule has 0 aromatic heterocycles. The smallest absolute Gasteiger partial charge is 0.0182 e. The van der Waals surface area contributed by atoms with Crippen LogP contribution in [0.1, 0.15) is 39.5 Å². The molecule has 0 amide bonds. The molecule has 2 rings (SSSR count). The Kier molecular flexibility index (Phi) is 1.05. The average Bonchev–Trinajstić information content (AvgIpc) is 2.18. The van der Waals surface area contributed by atoms with Crippen LogP contribution in [0.4, 0.5) is 0 Å². The Hall–Kier alpha value is -0.0400. The Bertz CT molecular complexity index is 160. The van der Waals surface area contributed by atoms with E-state index < -0.39 is 0 Å². The minimum Gasteiger partial charge on any atom is -0.325 e. The summed E-state index contributed by atoms with van der Waals surface area (Å²) in [7, 11) is 0. The Labute approximate surface area is 63.0 Å². The second-order valence-electron chi connectivity index (χ2n) is 4.79. The van der Waals surface area contributed by atoms with E-state index in [4.69, 9.17) is 5.73 Å². The summed E-state index contributed by atoms with van der Waals surface area (Å²) in [4.78, 5) is 0. The van der Waals surface area contributed by atoms with Gasteiger partial charge in [0.05, 0.1) is 0 Å². The molecule has 0 saturated heterocycles. The lowest BCUT2D eigenvalue weighted by Crippen LogP contribution is -2.48. The van der Waals surface area contributed by atoms with E-state index in [1.807, 2.05) is 0 Å². The van der Waals surface area contributed by atoms with Crippen molar-refractivity contribution in [3.63, 3.8) is 0 Å². The number of nitrogens with two attached hydrogens (primary N) is 1. The molecule has 2 aliphatic rings. The lowest BCUT2D eigenvalue weighted by atomic mass is 9.72. The van der Waals surface area contributed by atoms with E-state index in [-0.39, 0.29) is 5.54 Å². The van der Waals surface area contributed by atoms with Crippen molar-refractivity contribution in [2.45, 2.75) is 45.1 Å². The van der Waals surface area contributed by atoms with Gasteiger partial charge in [0.2, 0.25) is 0 Å². The van der Waals surface area contributed by atoms with Crippen LogP contribution in [0, 0.1) is 11.3 Å². The first kappa shape index (κ1) is 6.66. The van der Waals surface area contributed by atoms with Crippen LogP contribution in [-0.2, 0) is 0 Å². The maximum Gasteiger partial charge on any atom is 0.0182 e. The summed E-state index contributed by atoms with van der Waals surface area (Å²) in [6, 6.07) is 0. The van der Waals surface area contributed by atoms with Gasteiger partial charge in [0.15, 0.2) is 0 Å². The van der Waals surface area contributed by atoms with Crippen LogP contribution in [0.15, 0.2) is 0 Å². The molecule has 0 aliphatic heterocycles. The molecule has 0 aromatic rings. The lowest BCUT2D eigenvalue weighted by molar-refractivity contribution is 0.183. The molecule has 3 atom stereocenters. The van der Waals surface area contributed by atoms with Gasteiger partial charge in [-0.1, -0.05) is 6.92 Å². The maximum absolute atomic E-state index is 6.20. The molecular formula is C9H17N. The largest absolute Gasteiger partial charge is 0.325 e. The van der Waals surface area contributed by atoms with Gasteiger partial charge in [0.1, 0.15) is 0 Å². The third kappa shape index (κ3) is 0.619. The highest BCUT2D eigenvalue weighted by atomic mass is 14.8. The van der Waals surface area contributed by atoms with E-state index in [0.717, 1.165) is 5.92 Å². The summed E-state index contributed by atoms with van der Waals surface area (Å²) < 4.78 is 0. The van der Waals surface area contributed by atoms with Gasteiger partial charge in [0, 0.05) is 5.54 Å². The first-order chi connectivity index (χ1) is 4.54. The van der Waals surface area contributed by atoms with Crippen LogP contribution in [0.25, 0.3) is 0 Å². The predicted octanol–water partition coefficient (Wildman–Crippen LogP) is 1.91. The van der Waals surface area contributed by atoms with Gasteiger partial charge in [-0.05, 0) is 43.9 Å². The zero-order chi connectivity index (χ0) is 7.41. The van der Waals surface area contributed by atoms with Gasteiger partial charge < -0.3 is 5.73 Å². The van der Waals surface area contributed by atoms with E-state index in [0.29, 0.717) is 5.41 Å². The van der Waals surface area contributed by atoms with Crippen LogP contribution in [-0.4, -0.2) is 5.54 Å². The highest BCUT2D eigenvalue weighted by Gasteiger charge is 2.53. The Morgan fingerprint density at radius 2 is 2.00 bits per heavy atom. The lowest BCUT2D eigenvalue weighted by Gasteiger charge is -2.38. The van der Waals surface area contributed by atoms with Crippen LogP contribution < -0.4 is 5.73 Å². The van der Waals surface area contributed by atoms with E-state index in [1.165, 1.54) is 25.7 Å². The highest BCUT2D eigenvalue weighted by Crippen LogP contribution is 2.58. The zero-order valence-electron chi connectivity index (χ0n) is 6.98. The normalized spacial score (nSPS) is 59.7. The molecule has 0 spiro atoms. The van der Waals surface area contributed by atoms with Gasteiger partial charge in [-0.2, -0.15) is 0 Å². The summed E-state index contributed by atoms with van der Waals surface area (Å²) in [5.74, 6) is 0.958. The fourth-order valence-corrected chi connectivity index (χ4v) is 2.90. The molecule has 1 heteroatoms. The fraction of sp³-hybridized carbons (Fsp3) is 1.00. The minimum atomic E-state index is 0.149. The molecule has 2 fully saturated rings.